The third-order valence-corrected chi connectivity index (χ3v) is 3.49. The first kappa shape index (κ1) is 14.5. The minimum Gasteiger partial charge on any atom is -0.354 e. The number of rotatable bonds is 3. The van der Waals surface area contributed by atoms with E-state index in [4.69, 9.17) is 5.26 Å². The number of amides is 1. The highest BCUT2D eigenvalue weighted by molar-refractivity contribution is 5.73. The lowest BCUT2D eigenvalue weighted by molar-refractivity contribution is -0.119. The van der Waals surface area contributed by atoms with Gasteiger partial charge >= 0.3 is 0 Å². The third-order valence-electron chi connectivity index (χ3n) is 3.49. The summed E-state index contributed by atoms with van der Waals surface area (Å²) in [6.07, 6.45) is 1.81. The van der Waals surface area contributed by atoms with Gasteiger partial charge < -0.3 is 5.32 Å². The number of nitrogens with zero attached hydrogens (tertiary/aromatic N) is 2. The number of hydrogen-bond donors (Lipinski definition) is 1. The van der Waals surface area contributed by atoms with Crippen LogP contribution < -0.4 is 5.32 Å². The Bertz CT molecular complexity index is 530. The van der Waals surface area contributed by atoms with Crippen molar-refractivity contribution in [3.05, 3.63) is 35.1 Å². The van der Waals surface area contributed by atoms with Gasteiger partial charge in [-0.1, -0.05) is 0 Å². The van der Waals surface area contributed by atoms with E-state index in [2.05, 4.69) is 10.2 Å². The molecule has 2 rings (SSSR count). The summed E-state index contributed by atoms with van der Waals surface area (Å²) >= 11 is 0. The molecule has 5 heteroatoms. The fraction of sp³-hybridized carbons (Fsp3) is 0.467. The maximum Gasteiger partial charge on any atom is 0.217 e. The van der Waals surface area contributed by atoms with E-state index in [1.165, 1.54) is 19.1 Å². The zero-order valence-corrected chi connectivity index (χ0v) is 11.5. The van der Waals surface area contributed by atoms with Gasteiger partial charge in [-0.05, 0) is 36.6 Å². The molecule has 1 fully saturated rings. The Labute approximate surface area is 118 Å². The van der Waals surface area contributed by atoms with Crippen LogP contribution in [-0.4, -0.2) is 29.9 Å². The second-order valence-electron chi connectivity index (χ2n) is 5.21. The summed E-state index contributed by atoms with van der Waals surface area (Å²) < 4.78 is 13.4. The van der Waals surface area contributed by atoms with Gasteiger partial charge in [0, 0.05) is 32.6 Å². The van der Waals surface area contributed by atoms with Crippen molar-refractivity contribution < 1.29 is 9.18 Å². The summed E-state index contributed by atoms with van der Waals surface area (Å²) in [6, 6.07) is 6.65. The van der Waals surface area contributed by atoms with Crippen molar-refractivity contribution in [2.45, 2.75) is 32.4 Å². The van der Waals surface area contributed by atoms with Gasteiger partial charge in [-0.2, -0.15) is 5.26 Å². The quantitative estimate of drug-likeness (QED) is 0.915. The zero-order chi connectivity index (χ0) is 14.5. The second kappa shape index (κ2) is 6.49. The molecule has 0 unspecified atom stereocenters. The first-order chi connectivity index (χ1) is 9.56. The third kappa shape index (κ3) is 4.04. The molecule has 1 amide bonds. The monoisotopic (exact) mass is 275 g/mol. The largest absolute Gasteiger partial charge is 0.354 e. The Morgan fingerprint density at radius 2 is 2.15 bits per heavy atom. The molecule has 0 bridgehead atoms. The number of carbonyl (C=O) groups is 1. The van der Waals surface area contributed by atoms with Crippen molar-refractivity contribution in [1.82, 2.24) is 10.2 Å². The lowest BCUT2D eigenvalue weighted by atomic mass is 10.0. The summed E-state index contributed by atoms with van der Waals surface area (Å²) in [6.45, 7) is 3.90. The number of likely N-dealkylation sites (tertiary alicyclic amines) is 1. The van der Waals surface area contributed by atoms with Gasteiger partial charge in [0.05, 0.1) is 11.6 Å². The minimum atomic E-state index is -0.368. The van der Waals surface area contributed by atoms with E-state index in [0.717, 1.165) is 31.5 Å². The van der Waals surface area contributed by atoms with Gasteiger partial charge in [-0.15, -0.1) is 0 Å². The highest BCUT2D eigenvalue weighted by Crippen LogP contribution is 2.16. The molecule has 106 valence electrons. The van der Waals surface area contributed by atoms with Crippen molar-refractivity contribution in [3.8, 4) is 6.07 Å². The molecule has 0 radical (unpaired) electrons. The van der Waals surface area contributed by atoms with Crippen LogP contribution in [0.5, 0.6) is 0 Å². The Kier molecular flexibility index (Phi) is 4.70. The molecule has 0 spiro atoms. The van der Waals surface area contributed by atoms with E-state index in [-0.39, 0.29) is 17.8 Å². The number of nitriles is 1. The lowest BCUT2D eigenvalue weighted by Crippen LogP contribution is -2.43. The molecule has 1 heterocycles. The topological polar surface area (TPSA) is 56.1 Å². The summed E-state index contributed by atoms with van der Waals surface area (Å²) in [7, 11) is 0. The van der Waals surface area contributed by atoms with Crippen LogP contribution in [0.4, 0.5) is 4.39 Å². The summed E-state index contributed by atoms with van der Waals surface area (Å²) in [5, 5.41) is 11.8. The fourth-order valence-electron chi connectivity index (χ4n) is 2.59. The highest BCUT2D eigenvalue weighted by Gasteiger charge is 2.19. The molecule has 1 N–H and O–H groups in total. The Balaban J connectivity index is 1.91. The number of nitrogens with one attached hydrogen (secondary N) is 1. The van der Waals surface area contributed by atoms with Crippen LogP contribution in [0.15, 0.2) is 18.2 Å². The van der Waals surface area contributed by atoms with Crippen LogP contribution in [0.25, 0.3) is 0 Å². The van der Waals surface area contributed by atoms with Gasteiger partial charge in [-0.25, -0.2) is 4.39 Å². The zero-order valence-electron chi connectivity index (χ0n) is 11.5. The molecular formula is C15H18FN3O. The van der Waals surface area contributed by atoms with E-state index in [1.807, 2.05) is 6.07 Å². The molecule has 1 aromatic carbocycles. The molecule has 1 aliphatic heterocycles. The normalized spacial score (nSPS) is 16.6. The predicted octanol–water partition coefficient (Wildman–Crippen LogP) is 1.80. The Hall–Kier alpha value is -1.93. The van der Waals surface area contributed by atoms with Crippen LogP contribution in [0.3, 0.4) is 0 Å². The van der Waals surface area contributed by atoms with Crippen molar-refractivity contribution in [2.75, 3.05) is 13.1 Å². The Morgan fingerprint density at radius 3 is 2.75 bits per heavy atom. The second-order valence-corrected chi connectivity index (χ2v) is 5.21. The lowest BCUT2D eigenvalue weighted by Gasteiger charge is -2.32. The van der Waals surface area contributed by atoms with E-state index >= 15 is 0 Å². The van der Waals surface area contributed by atoms with Crippen molar-refractivity contribution in [3.63, 3.8) is 0 Å². The number of halogens is 1. The molecule has 0 saturated carbocycles. The summed E-state index contributed by atoms with van der Waals surface area (Å²) in [5.41, 5.74) is 1.17. The van der Waals surface area contributed by atoms with E-state index in [9.17, 15) is 9.18 Å². The van der Waals surface area contributed by atoms with Crippen molar-refractivity contribution in [1.29, 1.82) is 5.26 Å². The number of piperidine rings is 1. The molecule has 20 heavy (non-hydrogen) atoms. The molecule has 1 aromatic rings. The van der Waals surface area contributed by atoms with Crippen molar-refractivity contribution >= 4 is 5.91 Å². The van der Waals surface area contributed by atoms with Crippen LogP contribution in [0, 0.1) is 17.1 Å². The molecule has 0 atom stereocenters. The SMILES string of the molecule is CC(=O)NC1CCN(Cc2cc(F)cc(C#N)c2)CC1. The van der Waals surface area contributed by atoms with Gasteiger partial charge in [0.15, 0.2) is 0 Å². The molecule has 0 aliphatic carbocycles. The average Bonchev–Trinajstić information content (AvgIpc) is 2.39. The maximum absolute atomic E-state index is 13.4. The first-order valence-electron chi connectivity index (χ1n) is 6.76. The van der Waals surface area contributed by atoms with Crippen LogP contribution in [-0.2, 0) is 11.3 Å². The van der Waals surface area contributed by atoms with Gasteiger partial charge in [0.1, 0.15) is 5.82 Å². The molecular weight excluding hydrogens is 257 g/mol. The smallest absolute Gasteiger partial charge is 0.217 e. The van der Waals surface area contributed by atoms with Crippen LogP contribution >= 0.6 is 0 Å². The fourth-order valence-corrected chi connectivity index (χ4v) is 2.59. The summed E-state index contributed by atoms with van der Waals surface area (Å²) in [4.78, 5) is 13.2. The minimum absolute atomic E-state index is 0.00671. The molecule has 0 aromatic heterocycles. The number of hydrogen-bond acceptors (Lipinski definition) is 3. The molecule has 1 saturated heterocycles. The Morgan fingerprint density at radius 1 is 1.45 bits per heavy atom. The van der Waals surface area contributed by atoms with E-state index in [1.54, 1.807) is 6.07 Å². The predicted molar refractivity (Wildman–Crippen MR) is 73.2 cm³/mol. The van der Waals surface area contributed by atoms with Crippen molar-refractivity contribution in [2.24, 2.45) is 0 Å². The summed E-state index contributed by atoms with van der Waals surface area (Å²) in [5.74, 6) is -0.362. The van der Waals surface area contributed by atoms with E-state index in [0.29, 0.717) is 12.1 Å². The van der Waals surface area contributed by atoms with Gasteiger partial charge in [0.25, 0.3) is 0 Å². The van der Waals surface area contributed by atoms with Gasteiger partial charge in [-0.3, -0.25) is 9.69 Å². The molecule has 4 nitrogen and oxygen atoms in total. The van der Waals surface area contributed by atoms with Crippen LogP contribution in [0.1, 0.15) is 30.9 Å². The highest BCUT2D eigenvalue weighted by atomic mass is 19.1. The number of carbonyl (C=O) groups excluding carboxylic acids is 1. The maximum atomic E-state index is 13.4. The first-order valence-corrected chi connectivity index (χ1v) is 6.76. The standard InChI is InChI=1S/C15H18FN3O/c1-11(20)18-15-2-4-19(5-3-15)10-13-6-12(9-17)7-14(16)8-13/h6-8,15H,2-5,10H2,1H3,(H,18,20). The van der Waals surface area contributed by atoms with E-state index < -0.39 is 0 Å². The molecule has 1 aliphatic rings. The number of benzene rings is 1. The average molecular weight is 275 g/mol. The van der Waals surface area contributed by atoms with Crippen LogP contribution in [0.2, 0.25) is 0 Å². The van der Waals surface area contributed by atoms with Gasteiger partial charge in [0.2, 0.25) is 5.91 Å².